The molecule has 0 heterocycles. The molecule has 1 aliphatic rings. The number of rotatable bonds is 4. The lowest BCUT2D eigenvalue weighted by atomic mass is 9.88. The highest BCUT2D eigenvalue weighted by Crippen LogP contribution is 2.28. The first-order valence-corrected chi connectivity index (χ1v) is 10.9. The first-order chi connectivity index (χ1) is 10.7. The van der Waals surface area contributed by atoms with Crippen LogP contribution in [0.4, 0.5) is 0 Å². The van der Waals surface area contributed by atoms with Crippen molar-refractivity contribution in [3.05, 3.63) is 60.7 Å². The summed E-state index contributed by atoms with van der Waals surface area (Å²) in [6.07, 6.45) is 5.59. The van der Waals surface area contributed by atoms with Crippen molar-refractivity contribution in [1.82, 2.24) is 0 Å². The molecule has 0 unspecified atom stereocenters. The maximum atomic E-state index is 6.90. The predicted octanol–water partition coefficient (Wildman–Crippen LogP) is 3.97. The number of hydrogen-bond donors (Lipinski definition) is 0. The Kier molecular flexibility index (Phi) is 4.80. The van der Waals surface area contributed by atoms with Gasteiger partial charge in [-0.15, -0.1) is 0 Å². The molecule has 0 aliphatic heterocycles. The number of benzene rings is 2. The third kappa shape index (κ3) is 3.18. The van der Waals surface area contributed by atoms with E-state index in [4.69, 9.17) is 4.43 Å². The minimum Gasteiger partial charge on any atom is -0.405 e. The summed E-state index contributed by atoms with van der Waals surface area (Å²) in [5, 5.41) is 2.75. The molecule has 2 atom stereocenters. The summed E-state index contributed by atoms with van der Waals surface area (Å²) in [5.41, 5.74) is 0. The summed E-state index contributed by atoms with van der Waals surface area (Å²) in [4.78, 5) is 0. The molecule has 2 aromatic carbocycles. The normalized spacial score (nSPS) is 22.5. The van der Waals surface area contributed by atoms with Crippen molar-refractivity contribution in [3.8, 4) is 0 Å². The highest BCUT2D eigenvalue weighted by Gasteiger charge is 2.38. The maximum absolute atomic E-state index is 6.90. The van der Waals surface area contributed by atoms with E-state index in [2.05, 4.69) is 74.1 Å². The molecule has 0 aromatic heterocycles. The standard InChI is InChI=1S/C20H26OSi/c1-17-11-9-10-16-20(17)21-22(2,18-12-5-3-6-13-18)19-14-7-4-8-15-19/h3-8,12-15,17,20H,9-11,16H2,1-2H3/t17-,20+/m0/s1. The van der Waals surface area contributed by atoms with Gasteiger partial charge in [-0.05, 0) is 35.7 Å². The monoisotopic (exact) mass is 310 g/mol. The van der Waals surface area contributed by atoms with E-state index in [0.29, 0.717) is 12.0 Å². The summed E-state index contributed by atoms with van der Waals surface area (Å²) in [7, 11) is -2.13. The highest BCUT2D eigenvalue weighted by molar-refractivity contribution is 6.96. The van der Waals surface area contributed by atoms with Crippen molar-refractivity contribution < 1.29 is 4.43 Å². The van der Waals surface area contributed by atoms with Crippen LogP contribution in [0.1, 0.15) is 32.6 Å². The van der Waals surface area contributed by atoms with Crippen molar-refractivity contribution >= 4 is 18.7 Å². The number of hydrogen-bond acceptors (Lipinski definition) is 1. The van der Waals surface area contributed by atoms with Crippen molar-refractivity contribution in [2.24, 2.45) is 5.92 Å². The fourth-order valence-electron chi connectivity index (χ4n) is 3.58. The van der Waals surface area contributed by atoms with Gasteiger partial charge in [0.25, 0.3) is 8.32 Å². The highest BCUT2D eigenvalue weighted by atomic mass is 28.4. The Morgan fingerprint density at radius 3 is 1.82 bits per heavy atom. The van der Waals surface area contributed by atoms with E-state index in [1.54, 1.807) is 0 Å². The molecule has 22 heavy (non-hydrogen) atoms. The molecule has 1 saturated carbocycles. The second kappa shape index (κ2) is 6.80. The van der Waals surface area contributed by atoms with Gasteiger partial charge in [0.2, 0.25) is 0 Å². The van der Waals surface area contributed by atoms with Crippen LogP contribution >= 0.6 is 0 Å². The van der Waals surface area contributed by atoms with Crippen LogP contribution in [0.5, 0.6) is 0 Å². The van der Waals surface area contributed by atoms with E-state index in [1.807, 2.05) is 0 Å². The third-order valence-corrected chi connectivity index (χ3v) is 8.71. The van der Waals surface area contributed by atoms with Gasteiger partial charge in [-0.3, -0.25) is 0 Å². The first kappa shape index (κ1) is 15.5. The molecule has 0 N–H and O–H groups in total. The average Bonchev–Trinajstić information content (AvgIpc) is 2.58. The van der Waals surface area contributed by atoms with E-state index >= 15 is 0 Å². The molecule has 0 amide bonds. The van der Waals surface area contributed by atoms with Crippen LogP contribution < -0.4 is 10.4 Å². The molecule has 1 aliphatic carbocycles. The van der Waals surface area contributed by atoms with Crippen LogP contribution in [-0.2, 0) is 4.43 Å². The molecule has 0 bridgehead atoms. The smallest absolute Gasteiger partial charge is 0.253 e. The Morgan fingerprint density at radius 2 is 1.32 bits per heavy atom. The summed E-state index contributed by atoms with van der Waals surface area (Å²) in [6, 6.07) is 21.7. The van der Waals surface area contributed by atoms with Gasteiger partial charge >= 0.3 is 0 Å². The zero-order valence-electron chi connectivity index (χ0n) is 13.7. The Hall–Kier alpha value is -1.38. The first-order valence-electron chi connectivity index (χ1n) is 8.49. The molecule has 116 valence electrons. The molecular weight excluding hydrogens is 284 g/mol. The van der Waals surface area contributed by atoms with E-state index in [1.165, 1.54) is 36.1 Å². The molecular formula is C20H26OSi. The Bertz CT molecular complexity index is 542. The zero-order chi connectivity index (χ0) is 15.4. The fraction of sp³-hybridized carbons (Fsp3) is 0.400. The van der Waals surface area contributed by atoms with Gasteiger partial charge in [-0.1, -0.05) is 80.4 Å². The molecule has 2 heteroatoms. The lowest BCUT2D eigenvalue weighted by molar-refractivity contribution is 0.0994. The van der Waals surface area contributed by atoms with Crippen molar-refractivity contribution in [3.63, 3.8) is 0 Å². The minimum atomic E-state index is -2.13. The molecule has 2 aromatic rings. The predicted molar refractivity (Wildman–Crippen MR) is 96.3 cm³/mol. The Balaban J connectivity index is 1.96. The van der Waals surface area contributed by atoms with Gasteiger partial charge in [0.1, 0.15) is 0 Å². The third-order valence-electron chi connectivity index (χ3n) is 5.07. The molecule has 1 nitrogen and oxygen atoms in total. The van der Waals surface area contributed by atoms with Gasteiger partial charge in [0.05, 0.1) is 0 Å². The summed E-state index contributed by atoms with van der Waals surface area (Å²) in [6.45, 7) is 4.72. The van der Waals surface area contributed by atoms with Crippen molar-refractivity contribution in [2.45, 2.75) is 45.3 Å². The van der Waals surface area contributed by atoms with Crippen LogP contribution in [-0.4, -0.2) is 14.4 Å². The van der Waals surface area contributed by atoms with Gasteiger partial charge < -0.3 is 4.43 Å². The van der Waals surface area contributed by atoms with E-state index in [0.717, 1.165) is 0 Å². The molecule has 3 rings (SSSR count). The van der Waals surface area contributed by atoms with Crippen molar-refractivity contribution in [2.75, 3.05) is 0 Å². The molecule has 1 fully saturated rings. The maximum Gasteiger partial charge on any atom is 0.253 e. The SMILES string of the molecule is C[C@H]1CCCC[C@H]1O[Si](C)(c1ccccc1)c1ccccc1. The zero-order valence-corrected chi connectivity index (χ0v) is 14.7. The van der Waals surface area contributed by atoms with Gasteiger partial charge in [0.15, 0.2) is 0 Å². The lowest BCUT2D eigenvalue weighted by Crippen LogP contribution is -2.60. The minimum absolute atomic E-state index is 0.408. The van der Waals surface area contributed by atoms with Crippen LogP contribution in [0, 0.1) is 5.92 Å². The summed E-state index contributed by atoms with van der Waals surface area (Å²) in [5.74, 6) is 0.674. The van der Waals surface area contributed by atoms with Gasteiger partial charge in [-0.25, -0.2) is 0 Å². The van der Waals surface area contributed by atoms with E-state index in [9.17, 15) is 0 Å². The fourth-order valence-corrected chi connectivity index (χ4v) is 6.79. The van der Waals surface area contributed by atoms with Crippen LogP contribution in [0.2, 0.25) is 6.55 Å². The molecule has 0 saturated heterocycles. The van der Waals surface area contributed by atoms with Crippen LogP contribution in [0.25, 0.3) is 0 Å². The second-order valence-corrected chi connectivity index (χ2v) is 10.1. The molecule has 0 spiro atoms. The van der Waals surface area contributed by atoms with E-state index in [-0.39, 0.29) is 0 Å². The second-order valence-electron chi connectivity index (χ2n) is 6.68. The summed E-state index contributed by atoms with van der Waals surface area (Å²) >= 11 is 0. The topological polar surface area (TPSA) is 9.23 Å². The quantitative estimate of drug-likeness (QED) is 0.776. The summed E-state index contributed by atoms with van der Waals surface area (Å²) < 4.78 is 6.90. The molecule has 0 radical (unpaired) electrons. The largest absolute Gasteiger partial charge is 0.405 e. The van der Waals surface area contributed by atoms with Crippen LogP contribution in [0.3, 0.4) is 0 Å². The van der Waals surface area contributed by atoms with Gasteiger partial charge in [-0.2, -0.15) is 0 Å². The Morgan fingerprint density at radius 1 is 0.818 bits per heavy atom. The van der Waals surface area contributed by atoms with Crippen molar-refractivity contribution in [1.29, 1.82) is 0 Å². The van der Waals surface area contributed by atoms with E-state index < -0.39 is 8.32 Å². The lowest BCUT2D eigenvalue weighted by Gasteiger charge is -2.38. The van der Waals surface area contributed by atoms with Crippen LogP contribution in [0.15, 0.2) is 60.7 Å². The van der Waals surface area contributed by atoms with Gasteiger partial charge in [0, 0.05) is 6.10 Å². The Labute approximate surface area is 135 Å². The average molecular weight is 311 g/mol.